The maximum Gasteiger partial charge on any atom is 0.323 e. The molecule has 0 spiro atoms. The molecule has 2 aromatic rings. The van der Waals surface area contributed by atoms with Crippen LogP contribution in [-0.4, -0.2) is 28.8 Å². The van der Waals surface area contributed by atoms with Crippen LogP contribution in [0.2, 0.25) is 5.02 Å². The van der Waals surface area contributed by atoms with E-state index in [4.69, 9.17) is 21.8 Å². The highest BCUT2D eigenvalue weighted by Gasteiger charge is 2.15. The van der Waals surface area contributed by atoms with Gasteiger partial charge in [0.2, 0.25) is 0 Å². The van der Waals surface area contributed by atoms with Gasteiger partial charge in [-0.25, -0.2) is 0 Å². The number of aliphatic hydroxyl groups excluding tert-OH is 1. The Morgan fingerprint density at radius 3 is 2.45 bits per heavy atom. The summed E-state index contributed by atoms with van der Waals surface area (Å²) < 4.78 is 0. The van der Waals surface area contributed by atoms with Gasteiger partial charge in [0.05, 0.1) is 6.61 Å². The van der Waals surface area contributed by atoms with Crippen LogP contribution in [0.5, 0.6) is 0 Å². The van der Waals surface area contributed by atoms with Crippen molar-refractivity contribution in [3.8, 4) is 11.1 Å². The van der Waals surface area contributed by atoms with Crippen molar-refractivity contribution in [3.63, 3.8) is 0 Å². The monoisotopic (exact) mass is 319 g/mol. The summed E-state index contributed by atoms with van der Waals surface area (Å²) in [6.07, 6.45) is 0. The van der Waals surface area contributed by atoms with Crippen molar-refractivity contribution in [1.29, 1.82) is 0 Å². The Hall–Kier alpha value is -1.88. The highest BCUT2D eigenvalue weighted by Crippen LogP contribution is 2.25. The quantitative estimate of drug-likeness (QED) is 0.766. The van der Waals surface area contributed by atoms with Crippen molar-refractivity contribution in [2.75, 3.05) is 6.61 Å². The van der Waals surface area contributed by atoms with Crippen molar-refractivity contribution < 1.29 is 15.0 Å². The summed E-state index contributed by atoms with van der Waals surface area (Å²) in [6.45, 7) is 1.96. The highest BCUT2D eigenvalue weighted by atomic mass is 35.5. The molecule has 0 aromatic heterocycles. The molecule has 3 N–H and O–H groups in total. The zero-order chi connectivity index (χ0) is 16.1. The van der Waals surface area contributed by atoms with Crippen LogP contribution >= 0.6 is 11.6 Å². The van der Waals surface area contributed by atoms with Crippen LogP contribution in [0.25, 0.3) is 11.1 Å². The Morgan fingerprint density at radius 2 is 1.91 bits per heavy atom. The van der Waals surface area contributed by atoms with Crippen molar-refractivity contribution >= 4 is 17.6 Å². The molecular formula is C17H18ClNO3. The highest BCUT2D eigenvalue weighted by molar-refractivity contribution is 6.30. The summed E-state index contributed by atoms with van der Waals surface area (Å²) in [7, 11) is 0. The van der Waals surface area contributed by atoms with Gasteiger partial charge < -0.3 is 10.2 Å². The first-order valence-electron chi connectivity index (χ1n) is 6.94. The molecule has 22 heavy (non-hydrogen) atoms. The summed E-state index contributed by atoms with van der Waals surface area (Å²) >= 11 is 5.90. The number of hydrogen-bond donors (Lipinski definition) is 3. The number of hydrogen-bond acceptors (Lipinski definition) is 3. The van der Waals surface area contributed by atoms with E-state index >= 15 is 0 Å². The lowest BCUT2D eigenvalue weighted by molar-refractivity contribution is -0.140. The third-order valence-electron chi connectivity index (χ3n) is 3.48. The van der Waals surface area contributed by atoms with Gasteiger partial charge in [-0.05, 0) is 41.3 Å². The van der Waals surface area contributed by atoms with Crippen molar-refractivity contribution in [2.45, 2.75) is 19.5 Å². The lowest BCUT2D eigenvalue weighted by atomic mass is 9.98. The fourth-order valence-electron chi connectivity index (χ4n) is 2.26. The van der Waals surface area contributed by atoms with Crippen molar-refractivity contribution in [3.05, 3.63) is 58.6 Å². The standard InChI is InChI=1S/C17H18ClNO3/c1-11-8-12(9-19-16(10-20)17(21)22)2-7-15(11)13-3-5-14(18)6-4-13/h2-8,16,19-20H,9-10H2,1H3,(H,21,22)/t16-/m1/s1. The Balaban J connectivity index is 2.12. The van der Waals surface area contributed by atoms with Crippen molar-refractivity contribution in [1.82, 2.24) is 5.32 Å². The summed E-state index contributed by atoms with van der Waals surface area (Å²) in [6, 6.07) is 12.6. The molecule has 0 aliphatic rings. The van der Waals surface area contributed by atoms with E-state index in [0.717, 1.165) is 22.3 Å². The number of halogens is 1. The smallest absolute Gasteiger partial charge is 0.323 e. The van der Waals surface area contributed by atoms with Crippen molar-refractivity contribution in [2.24, 2.45) is 0 Å². The maximum atomic E-state index is 10.9. The van der Waals surface area contributed by atoms with Crippen LogP contribution in [0, 0.1) is 6.92 Å². The number of nitrogens with one attached hydrogen (secondary N) is 1. The van der Waals surface area contributed by atoms with Gasteiger partial charge in [-0.3, -0.25) is 10.1 Å². The lowest BCUT2D eigenvalue weighted by Crippen LogP contribution is -2.39. The van der Waals surface area contributed by atoms with Gasteiger partial charge in [0.25, 0.3) is 0 Å². The minimum atomic E-state index is -1.06. The topological polar surface area (TPSA) is 69.6 Å². The minimum Gasteiger partial charge on any atom is -0.480 e. The maximum absolute atomic E-state index is 10.9. The van der Waals surface area contributed by atoms with E-state index in [9.17, 15) is 4.79 Å². The van der Waals surface area contributed by atoms with E-state index in [-0.39, 0.29) is 0 Å². The second-order valence-electron chi connectivity index (χ2n) is 5.11. The van der Waals surface area contributed by atoms with Crippen LogP contribution < -0.4 is 5.32 Å². The molecule has 0 aliphatic heterocycles. The number of aliphatic hydroxyl groups is 1. The third-order valence-corrected chi connectivity index (χ3v) is 3.73. The first-order chi connectivity index (χ1) is 10.5. The third kappa shape index (κ3) is 4.07. The SMILES string of the molecule is Cc1cc(CN[C@H](CO)C(=O)O)ccc1-c1ccc(Cl)cc1. The first kappa shape index (κ1) is 16.5. The summed E-state index contributed by atoms with van der Waals surface area (Å²) in [5.41, 5.74) is 4.25. The van der Waals surface area contributed by atoms with Gasteiger partial charge in [0, 0.05) is 11.6 Å². The summed E-state index contributed by atoms with van der Waals surface area (Å²) in [4.78, 5) is 10.9. The molecule has 1 atom stereocenters. The van der Waals surface area contributed by atoms with Gasteiger partial charge in [-0.1, -0.05) is 41.9 Å². The Kier molecular flexibility index (Phi) is 5.55. The predicted octanol–water partition coefficient (Wildman–Crippen LogP) is 2.85. The molecule has 0 saturated heterocycles. The molecule has 0 bridgehead atoms. The Bertz CT molecular complexity index is 655. The number of aryl methyl sites for hydroxylation is 1. The second kappa shape index (κ2) is 7.40. The molecule has 5 heteroatoms. The van der Waals surface area contributed by atoms with Crippen LogP contribution in [0.1, 0.15) is 11.1 Å². The molecule has 2 rings (SSSR count). The van der Waals surface area contributed by atoms with Gasteiger partial charge in [0.1, 0.15) is 6.04 Å². The van der Waals surface area contributed by atoms with Crippen LogP contribution in [0.4, 0.5) is 0 Å². The van der Waals surface area contributed by atoms with Crippen LogP contribution in [0.15, 0.2) is 42.5 Å². The van der Waals surface area contributed by atoms with E-state index in [1.807, 2.05) is 49.4 Å². The number of aliphatic carboxylic acids is 1. The van der Waals surface area contributed by atoms with Gasteiger partial charge in [-0.15, -0.1) is 0 Å². The molecule has 0 saturated carbocycles. The molecule has 0 amide bonds. The van der Waals surface area contributed by atoms with Gasteiger partial charge >= 0.3 is 5.97 Å². The molecule has 0 unspecified atom stereocenters. The molecule has 0 radical (unpaired) electrons. The number of carboxylic acids is 1. The largest absolute Gasteiger partial charge is 0.480 e. The van der Waals surface area contributed by atoms with E-state index in [1.54, 1.807) is 0 Å². The lowest BCUT2D eigenvalue weighted by Gasteiger charge is -2.13. The molecule has 4 nitrogen and oxygen atoms in total. The predicted molar refractivity (Wildman–Crippen MR) is 87.0 cm³/mol. The average Bonchev–Trinajstić information content (AvgIpc) is 2.49. The van der Waals surface area contributed by atoms with E-state index in [1.165, 1.54) is 0 Å². The normalized spacial score (nSPS) is 12.1. The fraction of sp³-hybridized carbons (Fsp3) is 0.235. The molecule has 2 aromatic carbocycles. The van der Waals surface area contributed by atoms with Crippen LogP contribution in [-0.2, 0) is 11.3 Å². The van der Waals surface area contributed by atoms with E-state index in [0.29, 0.717) is 11.6 Å². The Labute approximate surface area is 134 Å². The van der Waals surface area contributed by atoms with E-state index in [2.05, 4.69) is 5.32 Å². The second-order valence-corrected chi connectivity index (χ2v) is 5.55. The van der Waals surface area contributed by atoms with Crippen LogP contribution in [0.3, 0.4) is 0 Å². The molecule has 0 fully saturated rings. The number of rotatable bonds is 6. The molecule has 0 heterocycles. The number of carboxylic acid groups (broad SMARTS) is 1. The van der Waals surface area contributed by atoms with Gasteiger partial charge in [0.15, 0.2) is 0 Å². The fourth-order valence-corrected chi connectivity index (χ4v) is 2.39. The summed E-state index contributed by atoms with van der Waals surface area (Å²) in [5, 5.41) is 21.4. The molecule has 116 valence electrons. The van der Waals surface area contributed by atoms with E-state index < -0.39 is 18.6 Å². The average molecular weight is 320 g/mol. The Morgan fingerprint density at radius 1 is 1.23 bits per heavy atom. The summed E-state index contributed by atoms with van der Waals surface area (Å²) in [5.74, 6) is -1.06. The number of carbonyl (C=O) groups is 1. The van der Waals surface area contributed by atoms with Gasteiger partial charge in [-0.2, -0.15) is 0 Å². The molecule has 0 aliphatic carbocycles. The number of benzene rings is 2. The molecular weight excluding hydrogens is 302 g/mol. The minimum absolute atomic E-state index is 0.388. The first-order valence-corrected chi connectivity index (χ1v) is 7.31. The zero-order valence-electron chi connectivity index (χ0n) is 12.2. The zero-order valence-corrected chi connectivity index (χ0v) is 13.0.